The van der Waals surface area contributed by atoms with Crippen LogP contribution in [0.15, 0.2) is 54.9 Å². The van der Waals surface area contributed by atoms with Gasteiger partial charge in [-0.3, -0.25) is 9.89 Å². The maximum atomic E-state index is 12.7. The lowest BCUT2D eigenvalue weighted by molar-refractivity contribution is -0.141. The number of amides is 1. The number of aromatic amines is 1. The number of para-hydroxylation sites is 1. The molecular weight excluding hydrogens is 453 g/mol. The average Bonchev–Trinajstić information content (AvgIpc) is 3.30. The van der Waals surface area contributed by atoms with E-state index in [0.29, 0.717) is 23.0 Å². The third-order valence-electron chi connectivity index (χ3n) is 5.01. The van der Waals surface area contributed by atoms with Gasteiger partial charge in [-0.25, -0.2) is 14.8 Å². The molecule has 0 saturated heterocycles. The van der Waals surface area contributed by atoms with Crippen molar-refractivity contribution < 1.29 is 27.9 Å². The van der Waals surface area contributed by atoms with Crippen LogP contribution in [0.5, 0.6) is 0 Å². The molecule has 0 fully saturated rings. The predicted octanol–water partition coefficient (Wildman–Crippen LogP) is 4.50. The fraction of sp³-hybridized carbons (Fsp3) is 0.136. The Kier molecular flexibility index (Phi) is 5.88. The minimum absolute atomic E-state index is 0.0485. The summed E-state index contributed by atoms with van der Waals surface area (Å²) in [6.45, 7) is 1.83. The Balaban J connectivity index is 1.53. The number of carbonyl (C=O) groups excluding carboxylic acids is 1. The summed E-state index contributed by atoms with van der Waals surface area (Å²) in [4.78, 5) is 32.1. The van der Waals surface area contributed by atoms with Crippen LogP contribution in [0.3, 0.4) is 0 Å². The van der Waals surface area contributed by atoms with Crippen LogP contribution in [-0.4, -0.2) is 37.1 Å². The van der Waals surface area contributed by atoms with Gasteiger partial charge in [0.2, 0.25) is 0 Å². The van der Waals surface area contributed by atoms with Gasteiger partial charge in [0.1, 0.15) is 17.8 Å². The molecule has 1 atom stereocenters. The number of hydrogen-bond donors (Lipinski definition) is 4. The van der Waals surface area contributed by atoms with Crippen molar-refractivity contribution in [2.45, 2.75) is 19.1 Å². The molecule has 34 heavy (non-hydrogen) atoms. The van der Waals surface area contributed by atoms with Crippen LogP contribution in [0.25, 0.3) is 10.9 Å². The highest BCUT2D eigenvalue weighted by Crippen LogP contribution is 2.29. The van der Waals surface area contributed by atoms with Gasteiger partial charge in [0.05, 0.1) is 17.1 Å². The quantitative estimate of drug-likeness (QED) is 0.326. The van der Waals surface area contributed by atoms with Crippen LogP contribution in [0.4, 0.5) is 24.7 Å². The van der Waals surface area contributed by atoms with Gasteiger partial charge < -0.3 is 15.7 Å². The molecule has 0 bridgehead atoms. The number of carbonyl (C=O) groups is 2. The lowest BCUT2D eigenvalue weighted by atomic mass is 10.1. The molecule has 2 heterocycles. The van der Waals surface area contributed by atoms with Gasteiger partial charge in [-0.2, -0.15) is 18.3 Å². The second-order valence-electron chi connectivity index (χ2n) is 7.34. The van der Waals surface area contributed by atoms with Crippen LogP contribution in [0.1, 0.15) is 45.1 Å². The summed E-state index contributed by atoms with van der Waals surface area (Å²) in [6, 6.07) is 11.8. The molecule has 12 heteroatoms. The first-order valence-corrected chi connectivity index (χ1v) is 9.91. The zero-order chi connectivity index (χ0) is 24.5. The Bertz CT molecular complexity index is 1390. The first kappa shape index (κ1) is 22.7. The molecule has 4 rings (SSSR count). The van der Waals surface area contributed by atoms with Crippen LogP contribution >= 0.6 is 0 Å². The highest BCUT2D eigenvalue weighted by atomic mass is 19.4. The number of alkyl halides is 3. The number of benzene rings is 2. The molecule has 0 aliphatic rings. The zero-order valence-corrected chi connectivity index (χ0v) is 17.5. The summed E-state index contributed by atoms with van der Waals surface area (Å²) in [5, 5.41) is 20.8. The van der Waals surface area contributed by atoms with E-state index >= 15 is 0 Å². The Labute approximate surface area is 190 Å². The molecule has 1 amide bonds. The third kappa shape index (κ3) is 4.65. The molecule has 2 aromatic carbocycles. The molecule has 0 spiro atoms. The normalized spacial score (nSPS) is 12.4. The number of rotatable bonds is 6. The fourth-order valence-electron chi connectivity index (χ4n) is 3.33. The molecule has 174 valence electrons. The smallest absolute Gasteiger partial charge is 0.432 e. The Hall–Kier alpha value is -4.48. The van der Waals surface area contributed by atoms with Crippen LogP contribution in [0.2, 0.25) is 0 Å². The summed E-state index contributed by atoms with van der Waals surface area (Å²) >= 11 is 0. The van der Waals surface area contributed by atoms with E-state index in [1.807, 2.05) is 6.92 Å². The monoisotopic (exact) mass is 470 g/mol. The Morgan fingerprint density at radius 2 is 1.85 bits per heavy atom. The first-order valence-electron chi connectivity index (χ1n) is 9.91. The Morgan fingerprint density at radius 1 is 1.09 bits per heavy atom. The minimum atomic E-state index is -4.64. The summed E-state index contributed by atoms with van der Waals surface area (Å²) in [5.41, 5.74) is -0.0892. The summed E-state index contributed by atoms with van der Waals surface area (Å²) in [7, 11) is 0. The topological polar surface area (TPSA) is 133 Å². The maximum absolute atomic E-state index is 12.7. The number of nitrogens with one attached hydrogen (secondary N) is 3. The highest BCUT2D eigenvalue weighted by Gasteiger charge is 2.33. The van der Waals surface area contributed by atoms with E-state index in [-0.39, 0.29) is 17.1 Å². The number of halogens is 3. The molecule has 0 radical (unpaired) electrons. The number of nitrogens with zero attached hydrogens (tertiary/aromatic N) is 3. The lowest BCUT2D eigenvalue weighted by Gasteiger charge is -2.17. The molecule has 0 aliphatic carbocycles. The number of anilines is 2. The van der Waals surface area contributed by atoms with Crippen LogP contribution in [-0.2, 0) is 6.18 Å². The van der Waals surface area contributed by atoms with Gasteiger partial charge in [-0.05, 0) is 36.8 Å². The molecule has 4 N–H and O–H groups in total. The van der Waals surface area contributed by atoms with E-state index in [0.717, 1.165) is 5.56 Å². The van der Waals surface area contributed by atoms with Crippen molar-refractivity contribution in [2.24, 2.45) is 0 Å². The van der Waals surface area contributed by atoms with Gasteiger partial charge >= 0.3 is 12.1 Å². The zero-order valence-electron chi connectivity index (χ0n) is 17.5. The third-order valence-corrected chi connectivity index (χ3v) is 5.01. The molecule has 0 saturated carbocycles. The average molecular weight is 470 g/mol. The van der Waals surface area contributed by atoms with Crippen molar-refractivity contribution in [3.05, 3.63) is 77.4 Å². The number of carboxylic acid groups (broad SMARTS) is 1. The van der Waals surface area contributed by atoms with E-state index in [9.17, 15) is 27.9 Å². The number of fused-ring (bicyclic) bond motifs is 1. The summed E-state index contributed by atoms with van der Waals surface area (Å²) in [5.74, 6) is -1.48. The van der Waals surface area contributed by atoms with Gasteiger partial charge in [0, 0.05) is 17.1 Å². The number of carboxylic acids is 1. The van der Waals surface area contributed by atoms with E-state index in [2.05, 4.69) is 25.7 Å². The number of H-pyrrole nitrogens is 1. The van der Waals surface area contributed by atoms with Gasteiger partial charge in [-0.1, -0.05) is 18.2 Å². The van der Waals surface area contributed by atoms with Crippen molar-refractivity contribution in [3.8, 4) is 0 Å². The number of aromatic nitrogens is 4. The van der Waals surface area contributed by atoms with Gasteiger partial charge in [0.25, 0.3) is 5.91 Å². The maximum Gasteiger partial charge on any atom is 0.432 e. The van der Waals surface area contributed by atoms with E-state index in [4.69, 9.17) is 0 Å². The highest BCUT2D eigenvalue weighted by molar-refractivity contribution is 6.04. The van der Waals surface area contributed by atoms with Gasteiger partial charge in [0.15, 0.2) is 5.69 Å². The minimum Gasteiger partial charge on any atom is -0.478 e. The summed E-state index contributed by atoms with van der Waals surface area (Å²) in [6.07, 6.45) is -3.37. The van der Waals surface area contributed by atoms with Crippen molar-refractivity contribution in [3.63, 3.8) is 0 Å². The lowest BCUT2D eigenvalue weighted by Crippen LogP contribution is -2.14. The van der Waals surface area contributed by atoms with Crippen molar-refractivity contribution >= 4 is 34.3 Å². The van der Waals surface area contributed by atoms with Gasteiger partial charge in [-0.15, -0.1) is 0 Å². The molecule has 4 aromatic rings. The van der Waals surface area contributed by atoms with Crippen molar-refractivity contribution in [1.82, 2.24) is 20.2 Å². The van der Waals surface area contributed by atoms with Crippen molar-refractivity contribution in [1.29, 1.82) is 0 Å². The number of hydrogen-bond acceptors (Lipinski definition) is 6. The molecule has 2 aromatic heterocycles. The molecule has 1 unspecified atom stereocenters. The van der Waals surface area contributed by atoms with Crippen LogP contribution < -0.4 is 10.6 Å². The fourth-order valence-corrected chi connectivity index (χ4v) is 3.33. The first-order chi connectivity index (χ1) is 16.1. The Morgan fingerprint density at radius 3 is 2.56 bits per heavy atom. The second kappa shape index (κ2) is 8.81. The van der Waals surface area contributed by atoms with Crippen LogP contribution in [0, 0.1) is 0 Å². The molecule has 9 nitrogen and oxygen atoms in total. The van der Waals surface area contributed by atoms with E-state index in [1.165, 1.54) is 12.4 Å². The number of aromatic carboxylic acids is 1. The summed E-state index contributed by atoms with van der Waals surface area (Å²) < 4.78 is 38.2. The standard InChI is InChI=1S/C22H17F3N6O3/c1-11(28-19-14-6-3-7-15(21(33)34)18(14)26-10-27-19)12-4-2-5-13(8-12)29-20(32)16-9-17(31-30-16)22(23,24)25/h2-11H,1H3,(H,29,32)(H,30,31)(H,33,34)(H,26,27,28). The molecule has 0 aliphatic heterocycles. The predicted molar refractivity (Wildman–Crippen MR) is 117 cm³/mol. The second-order valence-corrected chi connectivity index (χ2v) is 7.34. The van der Waals surface area contributed by atoms with Crippen molar-refractivity contribution in [2.75, 3.05) is 10.6 Å². The largest absolute Gasteiger partial charge is 0.478 e. The van der Waals surface area contributed by atoms with E-state index < -0.39 is 29.4 Å². The van der Waals surface area contributed by atoms with E-state index in [1.54, 1.807) is 41.5 Å². The SMILES string of the molecule is CC(Nc1ncnc2c(C(=O)O)cccc12)c1cccc(NC(=O)c2cc(C(F)(F)F)[nH]n2)c1. The molecular formula is C22H17F3N6O3.